The van der Waals surface area contributed by atoms with E-state index in [0.717, 1.165) is 18.9 Å². The molecule has 1 fully saturated rings. The van der Waals surface area contributed by atoms with Gasteiger partial charge < -0.3 is 0 Å². The summed E-state index contributed by atoms with van der Waals surface area (Å²) in [4.78, 5) is -0.316. The van der Waals surface area contributed by atoms with Gasteiger partial charge in [-0.1, -0.05) is 6.07 Å². The Balaban J connectivity index is 2.26. The molecule has 0 atom stereocenters. The van der Waals surface area contributed by atoms with E-state index in [9.17, 15) is 16.8 Å². The molecule has 0 radical (unpaired) electrons. The van der Waals surface area contributed by atoms with Crippen molar-refractivity contribution in [2.45, 2.75) is 22.6 Å². The van der Waals surface area contributed by atoms with Crippen LogP contribution in [0.5, 0.6) is 0 Å². The lowest BCUT2D eigenvalue weighted by atomic mass is 10.4. The van der Waals surface area contributed by atoms with Gasteiger partial charge in [-0.25, -0.2) is 21.6 Å². The van der Waals surface area contributed by atoms with Gasteiger partial charge in [0.05, 0.1) is 9.79 Å². The van der Waals surface area contributed by atoms with Crippen molar-refractivity contribution in [3.05, 3.63) is 24.3 Å². The molecular formula is C10H12ClNO4S2. The van der Waals surface area contributed by atoms with Gasteiger partial charge in [-0.05, 0) is 37.0 Å². The average Bonchev–Trinajstić information content (AvgIpc) is 3.09. The van der Waals surface area contributed by atoms with Crippen LogP contribution in [-0.4, -0.2) is 23.4 Å². The predicted octanol–water partition coefficient (Wildman–Crippen LogP) is 1.30. The van der Waals surface area contributed by atoms with Gasteiger partial charge in [0.1, 0.15) is 0 Å². The van der Waals surface area contributed by atoms with Gasteiger partial charge in [0.25, 0.3) is 9.05 Å². The molecule has 0 aliphatic heterocycles. The zero-order valence-electron chi connectivity index (χ0n) is 9.34. The van der Waals surface area contributed by atoms with Crippen molar-refractivity contribution in [3.8, 4) is 0 Å². The van der Waals surface area contributed by atoms with Crippen LogP contribution in [-0.2, 0) is 19.1 Å². The molecule has 1 aliphatic rings. The number of sulfonamides is 1. The highest BCUT2D eigenvalue weighted by molar-refractivity contribution is 8.13. The van der Waals surface area contributed by atoms with Crippen molar-refractivity contribution < 1.29 is 16.8 Å². The Morgan fingerprint density at radius 1 is 1.17 bits per heavy atom. The third kappa shape index (κ3) is 3.44. The molecule has 0 saturated heterocycles. The van der Waals surface area contributed by atoms with E-state index < -0.39 is 19.1 Å². The van der Waals surface area contributed by atoms with E-state index in [-0.39, 0.29) is 9.79 Å². The van der Waals surface area contributed by atoms with Crippen LogP contribution in [0.2, 0.25) is 0 Å². The van der Waals surface area contributed by atoms with Crippen LogP contribution in [0.25, 0.3) is 0 Å². The number of hydrogen-bond acceptors (Lipinski definition) is 4. The normalized spacial score (nSPS) is 16.7. The molecule has 0 amide bonds. The highest BCUT2D eigenvalue weighted by Gasteiger charge is 2.24. The second kappa shape index (κ2) is 4.80. The van der Waals surface area contributed by atoms with E-state index in [1.807, 2.05) is 0 Å². The van der Waals surface area contributed by atoms with Gasteiger partial charge in [-0.3, -0.25) is 0 Å². The molecule has 1 aliphatic carbocycles. The Morgan fingerprint density at radius 2 is 1.78 bits per heavy atom. The lowest BCUT2D eigenvalue weighted by molar-refractivity contribution is 0.577. The van der Waals surface area contributed by atoms with Crippen molar-refractivity contribution in [3.63, 3.8) is 0 Å². The SMILES string of the molecule is O=S(=O)(Cl)c1cccc(S(=O)(=O)NCC2CC2)c1. The van der Waals surface area contributed by atoms with E-state index in [1.54, 1.807) is 0 Å². The van der Waals surface area contributed by atoms with E-state index in [2.05, 4.69) is 4.72 Å². The molecule has 0 heterocycles. The Bertz CT molecular complexity index is 650. The van der Waals surface area contributed by atoms with Crippen LogP contribution in [0.3, 0.4) is 0 Å². The quantitative estimate of drug-likeness (QED) is 0.831. The number of benzene rings is 1. The molecule has 0 bridgehead atoms. The Kier molecular flexibility index (Phi) is 3.68. The van der Waals surface area contributed by atoms with Crippen molar-refractivity contribution >= 4 is 29.8 Å². The molecule has 0 spiro atoms. The molecule has 8 heteroatoms. The summed E-state index contributed by atoms with van der Waals surface area (Å²) in [6.45, 7) is 0.389. The van der Waals surface area contributed by atoms with Crippen molar-refractivity contribution in [1.29, 1.82) is 0 Å². The average molecular weight is 310 g/mol. The molecule has 1 aromatic carbocycles. The summed E-state index contributed by atoms with van der Waals surface area (Å²) in [6.07, 6.45) is 2.05. The summed E-state index contributed by atoms with van der Waals surface area (Å²) in [7, 11) is -2.42. The zero-order chi connectivity index (χ0) is 13.4. The van der Waals surface area contributed by atoms with Crippen molar-refractivity contribution in [2.24, 2.45) is 5.92 Å². The number of nitrogens with one attached hydrogen (secondary N) is 1. The summed E-state index contributed by atoms with van der Waals surface area (Å²) >= 11 is 0. The molecule has 5 nitrogen and oxygen atoms in total. The van der Waals surface area contributed by atoms with Crippen LogP contribution in [0.1, 0.15) is 12.8 Å². The summed E-state index contributed by atoms with van der Waals surface area (Å²) in [5.74, 6) is 0.403. The topological polar surface area (TPSA) is 80.3 Å². The van der Waals surface area contributed by atoms with Crippen LogP contribution in [0.15, 0.2) is 34.1 Å². The molecule has 0 aromatic heterocycles. The van der Waals surface area contributed by atoms with Crippen molar-refractivity contribution in [1.82, 2.24) is 4.72 Å². The van der Waals surface area contributed by atoms with E-state index in [4.69, 9.17) is 10.7 Å². The highest BCUT2D eigenvalue weighted by atomic mass is 35.7. The first-order valence-electron chi connectivity index (χ1n) is 5.33. The fourth-order valence-electron chi connectivity index (χ4n) is 1.43. The van der Waals surface area contributed by atoms with Crippen LogP contribution < -0.4 is 4.72 Å². The minimum atomic E-state index is -3.92. The Labute approximate surface area is 111 Å². The zero-order valence-corrected chi connectivity index (χ0v) is 11.7. The third-order valence-corrected chi connectivity index (χ3v) is 5.43. The van der Waals surface area contributed by atoms with Gasteiger partial charge in [0.2, 0.25) is 10.0 Å². The number of rotatable bonds is 5. The van der Waals surface area contributed by atoms with Gasteiger partial charge >= 0.3 is 0 Å². The maximum atomic E-state index is 11.9. The molecule has 100 valence electrons. The molecular weight excluding hydrogens is 298 g/mol. The summed E-state index contributed by atoms with van der Waals surface area (Å²) in [5.41, 5.74) is 0. The van der Waals surface area contributed by atoms with E-state index in [0.29, 0.717) is 12.5 Å². The Morgan fingerprint density at radius 3 is 2.33 bits per heavy atom. The monoisotopic (exact) mass is 309 g/mol. The molecule has 0 unspecified atom stereocenters. The fraction of sp³-hybridized carbons (Fsp3) is 0.400. The highest BCUT2D eigenvalue weighted by Crippen LogP contribution is 2.28. The minimum Gasteiger partial charge on any atom is -0.211 e. The summed E-state index contributed by atoms with van der Waals surface area (Å²) in [5, 5.41) is 0. The lowest BCUT2D eigenvalue weighted by Crippen LogP contribution is -2.25. The molecule has 18 heavy (non-hydrogen) atoms. The minimum absolute atomic E-state index is 0.0927. The molecule has 2 rings (SSSR count). The molecule has 1 N–H and O–H groups in total. The van der Waals surface area contributed by atoms with Gasteiger partial charge in [-0.2, -0.15) is 0 Å². The van der Waals surface area contributed by atoms with Gasteiger partial charge in [0, 0.05) is 17.2 Å². The van der Waals surface area contributed by atoms with Crippen LogP contribution in [0.4, 0.5) is 0 Å². The first kappa shape index (κ1) is 13.8. The van der Waals surface area contributed by atoms with Crippen molar-refractivity contribution in [2.75, 3.05) is 6.54 Å². The lowest BCUT2D eigenvalue weighted by Gasteiger charge is -2.06. The fourth-order valence-corrected chi connectivity index (χ4v) is 3.46. The van der Waals surface area contributed by atoms with Gasteiger partial charge in [-0.15, -0.1) is 0 Å². The first-order chi connectivity index (χ1) is 8.29. The van der Waals surface area contributed by atoms with Gasteiger partial charge in [0.15, 0.2) is 0 Å². The molecule has 1 saturated carbocycles. The largest absolute Gasteiger partial charge is 0.261 e. The maximum Gasteiger partial charge on any atom is 0.261 e. The first-order valence-corrected chi connectivity index (χ1v) is 9.13. The van der Waals surface area contributed by atoms with Crippen LogP contribution in [0, 0.1) is 5.92 Å². The summed E-state index contributed by atoms with van der Waals surface area (Å²) in [6, 6.07) is 4.99. The summed E-state index contributed by atoms with van der Waals surface area (Å²) < 4.78 is 48.5. The second-order valence-electron chi connectivity index (χ2n) is 4.21. The third-order valence-electron chi connectivity index (χ3n) is 2.66. The standard InChI is InChI=1S/C10H12ClNO4S2/c11-17(13,14)9-2-1-3-10(6-9)18(15,16)12-7-8-4-5-8/h1-3,6,8,12H,4-5,7H2. The second-order valence-corrected chi connectivity index (χ2v) is 8.54. The number of halogens is 1. The Hall–Kier alpha value is -0.630. The smallest absolute Gasteiger partial charge is 0.211 e. The van der Waals surface area contributed by atoms with E-state index in [1.165, 1.54) is 18.2 Å². The van der Waals surface area contributed by atoms with E-state index >= 15 is 0 Å². The molecule has 1 aromatic rings. The number of hydrogen-bond donors (Lipinski definition) is 1. The van der Waals surface area contributed by atoms with Crippen LogP contribution >= 0.6 is 10.7 Å². The maximum absolute atomic E-state index is 11.9. The predicted molar refractivity (Wildman–Crippen MR) is 67.4 cm³/mol.